The highest BCUT2D eigenvalue weighted by Gasteiger charge is 2.44. The predicted molar refractivity (Wildman–Crippen MR) is 110 cm³/mol. The largest absolute Gasteiger partial charge is 0.371 e. The van der Waals surface area contributed by atoms with Crippen LogP contribution in [0.5, 0.6) is 0 Å². The van der Waals surface area contributed by atoms with E-state index in [0.717, 1.165) is 38.8 Å². The summed E-state index contributed by atoms with van der Waals surface area (Å²) in [6, 6.07) is 14.0. The molecule has 1 spiro atoms. The standard InChI is InChI=1S/C23H26FN3O2/c24-19-10-8-18(9-11-19)21(28)7-3-5-17-4-1-2-6-20(17)27-14-12-23(13-15-27)22(29)25-16-26-23/h1-2,4,6,8-11,26H,3,5,7,12-16H2,(H,25,29). The Balaban J connectivity index is 1.36. The number of anilines is 1. The van der Waals surface area contributed by atoms with Crippen molar-refractivity contribution < 1.29 is 14.0 Å². The van der Waals surface area contributed by atoms with Crippen LogP contribution < -0.4 is 15.5 Å². The number of benzene rings is 2. The number of carbonyl (C=O) groups is 2. The van der Waals surface area contributed by atoms with E-state index in [1.165, 1.54) is 23.4 Å². The molecular formula is C23H26FN3O2. The van der Waals surface area contributed by atoms with Crippen molar-refractivity contribution in [2.45, 2.75) is 37.6 Å². The van der Waals surface area contributed by atoms with E-state index in [9.17, 15) is 14.0 Å². The second kappa shape index (κ2) is 8.33. The van der Waals surface area contributed by atoms with Crippen LogP contribution in [-0.4, -0.2) is 37.0 Å². The lowest BCUT2D eigenvalue weighted by Crippen LogP contribution is -2.54. The first-order chi connectivity index (χ1) is 14.1. The molecule has 152 valence electrons. The van der Waals surface area contributed by atoms with Crippen LogP contribution in [0.1, 0.15) is 41.6 Å². The average molecular weight is 395 g/mol. The van der Waals surface area contributed by atoms with E-state index in [2.05, 4.69) is 27.7 Å². The summed E-state index contributed by atoms with van der Waals surface area (Å²) < 4.78 is 13.0. The Morgan fingerprint density at radius 1 is 1.07 bits per heavy atom. The van der Waals surface area contributed by atoms with Crippen molar-refractivity contribution in [2.75, 3.05) is 24.7 Å². The quantitative estimate of drug-likeness (QED) is 0.738. The fraction of sp³-hybridized carbons (Fsp3) is 0.391. The number of hydrogen-bond acceptors (Lipinski definition) is 4. The van der Waals surface area contributed by atoms with Crippen LogP contribution in [0.2, 0.25) is 0 Å². The molecule has 5 nitrogen and oxygen atoms in total. The van der Waals surface area contributed by atoms with Crippen LogP contribution in [0.4, 0.5) is 10.1 Å². The molecule has 2 aliphatic heterocycles. The first kappa shape index (κ1) is 19.6. The maximum Gasteiger partial charge on any atom is 0.241 e. The number of ketones is 1. The van der Waals surface area contributed by atoms with E-state index in [0.29, 0.717) is 18.7 Å². The molecule has 29 heavy (non-hydrogen) atoms. The van der Waals surface area contributed by atoms with E-state index in [4.69, 9.17) is 0 Å². The number of para-hydroxylation sites is 1. The third-order valence-electron chi connectivity index (χ3n) is 6.08. The number of rotatable bonds is 6. The van der Waals surface area contributed by atoms with E-state index in [1.54, 1.807) is 12.1 Å². The number of Topliss-reactive ketones (excluding diaryl/α,β-unsaturated/α-hetero) is 1. The van der Waals surface area contributed by atoms with Gasteiger partial charge in [0.2, 0.25) is 5.91 Å². The third kappa shape index (κ3) is 4.17. The van der Waals surface area contributed by atoms with Crippen molar-refractivity contribution in [3.8, 4) is 0 Å². The highest BCUT2D eigenvalue weighted by Crippen LogP contribution is 2.30. The summed E-state index contributed by atoms with van der Waals surface area (Å²) in [5.41, 5.74) is 2.56. The van der Waals surface area contributed by atoms with Gasteiger partial charge < -0.3 is 10.2 Å². The molecule has 0 unspecified atom stereocenters. The number of carbonyl (C=O) groups excluding carboxylic acids is 2. The normalized spacial score (nSPS) is 18.1. The predicted octanol–water partition coefficient (Wildman–Crippen LogP) is 3.05. The Hall–Kier alpha value is -2.73. The van der Waals surface area contributed by atoms with Crippen molar-refractivity contribution in [2.24, 2.45) is 0 Å². The van der Waals surface area contributed by atoms with Gasteiger partial charge in [-0.2, -0.15) is 0 Å². The summed E-state index contributed by atoms with van der Waals surface area (Å²) >= 11 is 0. The molecule has 6 heteroatoms. The summed E-state index contributed by atoms with van der Waals surface area (Å²) in [5, 5.41) is 6.21. The summed E-state index contributed by atoms with van der Waals surface area (Å²) in [7, 11) is 0. The molecule has 2 fully saturated rings. The van der Waals surface area contributed by atoms with Gasteiger partial charge in [-0.15, -0.1) is 0 Å². The lowest BCUT2D eigenvalue weighted by molar-refractivity contribution is -0.124. The summed E-state index contributed by atoms with van der Waals surface area (Å²) in [6.45, 7) is 2.20. The van der Waals surface area contributed by atoms with Gasteiger partial charge in [-0.3, -0.25) is 14.9 Å². The van der Waals surface area contributed by atoms with Crippen molar-refractivity contribution in [1.29, 1.82) is 0 Å². The lowest BCUT2D eigenvalue weighted by atomic mass is 9.87. The number of hydrogen-bond donors (Lipinski definition) is 2. The molecule has 2 aromatic carbocycles. The number of halogens is 1. The molecule has 2 heterocycles. The van der Waals surface area contributed by atoms with Gasteiger partial charge >= 0.3 is 0 Å². The number of piperidine rings is 1. The molecule has 0 saturated carbocycles. The topological polar surface area (TPSA) is 61.4 Å². The minimum absolute atomic E-state index is 0.0423. The molecule has 0 radical (unpaired) electrons. The fourth-order valence-corrected chi connectivity index (χ4v) is 4.33. The van der Waals surface area contributed by atoms with Gasteiger partial charge in [-0.1, -0.05) is 18.2 Å². The van der Waals surface area contributed by atoms with Gasteiger partial charge in [-0.25, -0.2) is 4.39 Å². The third-order valence-corrected chi connectivity index (χ3v) is 6.08. The van der Waals surface area contributed by atoms with Crippen molar-refractivity contribution in [3.63, 3.8) is 0 Å². The van der Waals surface area contributed by atoms with E-state index in [1.807, 2.05) is 12.1 Å². The molecule has 2 aromatic rings. The van der Waals surface area contributed by atoms with Gasteiger partial charge in [0.1, 0.15) is 11.4 Å². The molecule has 2 saturated heterocycles. The second-order valence-electron chi connectivity index (χ2n) is 7.84. The van der Waals surface area contributed by atoms with Crippen LogP contribution in [0.15, 0.2) is 48.5 Å². The lowest BCUT2D eigenvalue weighted by Gasteiger charge is -2.39. The molecule has 0 bridgehead atoms. The van der Waals surface area contributed by atoms with Gasteiger partial charge in [0.15, 0.2) is 5.78 Å². The Bertz CT molecular complexity index is 889. The van der Waals surface area contributed by atoms with E-state index in [-0.39, 0.29) is 17.5 Å². The first-order valence-electron chi connectivity index (χ1n) is 10.2. The van der Waals surface area contributed by atoms with Gasteiger partial charge in [0, 0.05) is 30.8 Å². The van der Waals surface area contributed by atoms with Gasteiger partial charge in [0.05, 0.1) is 6.67 Å². The fourth-order valence-electron chi connectivity index (χ4n) is 4.33. The Morgan fingerprint density at radius 3 is 2.48 bits per heavy atom. The monoisotopic (exact) mass is 395 g/mol. The number of aryl methyl sites for hydroxylation is 1. The molecule has 1 amide bonds. The maximum absolute atomic E-state index is 13.0. The first-order valence-corrected chi connectivity index (χ1v) is 10.2. The van der Waals surface area contributed by atoms with Crippen LogP contribution in [0.25, 0.3) is 0 Å². The molecule has 2 N–H and O–H groups in total. The summed E-state index contributed by atoms with van der Waals surface area (Å²) in [4.78, 5) is 26.8. The molecule has 4 rings (SSSR count). The molecular weight excluding hydrogens is 369 g/mol. The zero-order valence-corrected chi connectivity index (χ0v) is 16.4. The van der Waals surface area contributed by atoms with E-state index < -0.39 is 5.54 Å². The zero-order valence-electron chi connectivity index (χ0n) is 16.4. The van der Waals surface area contributed by atoms with Crippen LogP contribution in [0, 0.1) is 5.82 Å². The van der Waals surface area contributed by atoms with Crippen molar-refractivity contribution in [3.05, 3.63) is 65.5 Å². The van der Waals surface area contributed by atoms with Crippen molar-refractivity contribution in [1.82, 2.24) is 10.6 Å². The minimum Gasteiger partial charge on any atom is -0.371 e. The number of amides is 1. The number of nitrogens with zero attached hydrogens (tertiary/aromatic N) is 1. The maximum atomic E-state index is 13.0. The second-order valence-corrected chi connectivity index (χ2v) is 7.84. The summed E-state index contributed by atoms with van der Waals surface area (Å²) in [5.74, 6) is -0.172. The summed E-state index contributed by atoms with van der Waals surface area (Å²) in [6.07, 6.45) is 3.57. The van der Waals surface area contributed by atoms with Gasteiger partial charge in [0.25, 0.3) is 0 Å². The SMILES string of the molecule is O=C(CCCc1ccccc1N1CCC2(CC1)NCNC2=O)c1ccc(F)cc1. The smallest absolute Gasteiger partial charge is 0.241 e. The molecule has 0 atom stereocenters. The average Bonchev–Trinajstić information content (AvgIpc) is 3.09. The van der Waals surface area contributed by atoms with Crippen LogP contribution in [0.3, 0.4) is 0 Å². The van der Waals surface area contributed by atoms with Crippen molar-refractivity contribution >= 4 is 17.4 Å². The van der Waals surface area contributed by atoms with Crippen LogP contribution >= 0.6 is 0 Å². The molecule has 0 aliphatic carbocycles. The highest BCUT2D eigenvalue weighted by molar-refractivity contribution is 5.96. The number of nitrogens with one attached hydrogen (secondary N) is 2. The Morgan fingerprint density at radius 2 is 1.79 bits per heavy atom. The minimum atomic E-state index is -0.410. The Labute approximate surface area is 170 Å². The molecule has 0 aromatic heterocycles. The Kier molecular flexibility index (Phi) is 5.62. The van der Waals surface area contributed by atoms with Gasteiger partial charge in [-0.05, 0) is 61.6 Å². The van der Waals surface area contributed by atoms with Crippen LogP contribution in [-0.2, 0) is 11.2 Å². The zero-order chi connectivity index (χ0) is 20.3. The molecule has 2 aliphatic rings. The van der Waals surface area contributed by atoms with E-state index >= 15 is 0 Å². The highest BCUT2D eigenvalue weighted by atomic mass is 19.1.